The minimum atomic E-state index is -1.16. The second-order valence-electron chi connectivity index (χ2n) is 5.53. The number of likely N-dealkylation sites (tertiary alicyclic amines) is 1. The number of benzene rings is 1. The summed E-state index contributed by atoms with van der Waals surface area (Å²) in [7, 11) is 0. The summed E-state index contributed by atoms with van der Waals surface area (Å²) in [6.07, 6.45) is -3.38. The van der Waals surface area contributed by atoms with E-state index in [0.717, 1.165) is 17.0 Å². The molecule has 0 aliphatic carbocycles. The van der Waals surface area contributed by atoms with E-state index in [0.29, 0.717) is 0 Å². The molecule has 1 unspecified atom stereocenters. The molecule has 1 heterocycles. The van der Waals surface area contributed by atoms with Crippen molar-refractivity contribution >= 4 is 6.09 Å². The van der Waals surface area contributed by atoms with Crippen molar-refractivity contribution in [1.82, 2.24) is 4.90 Å². The van der Waals surface area contributed by atoms with E-state index < -0.39 is 30.1 Å². The second-order valence-corrected chi connectivity index (χ2v) is 5.53. The summed E-state index contributed by atoms with van der Waals surface area (Å²) < 4.78 is 39.1. The molecule has 1 aliphatic rings. The Morgan fingerprint density at radius 3 is 2.17 bits per heavy atom. The molecular weight excluding hydrogens is 324 g/mol. The number of aliphatic hydroxyl groups excluding tert-OH is 1. The maximum Gasteiger partial charge on any atom is 0.407 e. The molecule has 2 N–H and O–H groups in total. The molecule has 1 atom stereocenters. The predicted molar refractivity (Wildman–Crippen MR) is 80.4 cm³/mol. The van der Waals surface area contributed by atoms with Gasteiger partial charge < -0.3 is 24.6 Å². The van der Waals surface area contributed by atoms with E-state index in [-0.39, 0.29) is 43.3 Å². The van der Waals surface area contributed by atoms with E-state index in [9.17, 15) is 18.7 Å². The molecule has 1 saturated heterocycles. The van der Waals surface area contributed by atoms with Crippen molar-refractivity contribution in [2.45, 2.75) is 26.2 Å². The Bertz CT molecular complexity index is 563. The average molecular weight is 345 g/mol. The molecule has 24 heavy (non-hydrogen) atoms. The van der Waals surface area contributed by atoms with Gasteiger partial charge in [0.2, 0.25) is 0 Å². The highest BCUT2D eigenvalue weighted by Crippen LogP contribution is 2.33. The molecule has 0 bridgehead atoms. The lowest BCUT2D eigenvalue weighted by Gasteiger charge is -2.39. The zero-order valence-electron chi connectivity index (χ0n) is 13.5. The SMILES string of the molecule is CCOC(OCC)c1c(F)cc(C(O)C2CN(C(=O)O)C2)cc1F. The summed E-state index contributed by atoms with van der Waals surface area (Å²) in [5, 5.41) is 19.0. The highest BCUT2D eigenvalue weighted by atomic mass is 19.1. The zero-order chi connectivity index (χ0) is 17.9. The maximum absolute atomic E-state index is 14.3. The van der Waals surface area contributed by atoms with Gasteiger partial charge in [0.05, 0.1) is 11.7 Å². The van der Waals surface area contributed by atoms with Gasteiger partial charge >= 0.3 is 6.09 Å². The Morgan fingerprint density at radius 2 is 1.75 bits per heavy atom. The van der Waals surface area contributed by atoms with Crippen molar-refractivity contribution < 1.29 is 33.3 Å². The van der Waals surface area contributed by atoms with Crippen molar-refractivity contribution in [1.29, 1.82) is 0 Å². The normalized spacial score (nSPS) is 16.3. The number of carboxylic acid groups (broad SMARTS) is 1. The van der Waals surface area contributed by atoms with Crippen LogP contribution in [0, 0.1) is 17.6 Å². The monoisotopic (exact) mass is 345 g/mol. The van der Waals surface area contributed by atoms with Crippen LogP contribution in [-0.4, -0.2) is 47.5 Å². The predicted octanol–water partition coefficient (Wildman–Crippen LogP) is 2.68. The Hall–Kier alpha value is -1.77. The van der Waals surface area contributed by atoms with E-state index in [1.165, 1.54) is 0 Å². The molecule has 2 rings (SSSR count). The topological polar surface area (TPSA) is 79.2 Å². The number of carbonyl (C=O) groups is 1. The summed E-state index contributed by atoms with van der Waals surface area (Å²) >= 11 is 0. The molecule has 8 heteroatoms. The molecule has 0 saturated carbocycles. The molecule has 6 nitrogen and oxygen atoms in total. The van der Waals surface area contributed by atoms with Crippen LogP contribution in [0.1, 0.15) is 37.4 Å². The summed E-state index contributed by atoms with van der Waals surface area (Å²) in [6.45, 7) is 4.07. The third kappa shape index (κ3) is 3.82. The number of hydrogen-bond donors (Lipinski definition) is 2. The number of nitrogens with zero attached hydrogens (tertiary/aromatic N) is 1. The number of aliphatic hydroxyl groups is 1. The summed E-state index contributed by atoms with van der Waals surface area (Å²) in [6, 6.07) is 2.08. The second kappa shape index (κ2) is 7.87. The van der Waals surface area contributed by atoms with Gasteiger partial charge in [-0.3, -0.25) is 0 Å². The Kier molecular flexibility index (Phi) is 6.09. The standard InChI is InChI=1S/C16H21F2NO5/c1-3-23-15(24-4-2)13-11(17)5-9(6-12(13)18)14(20)10-7-19(8-10)16(21)22/h5-6,10,14-15,20H,3-4,7-8H2,1-2H3,(H,21,22). The molecule has 0 radical (unpaired) electrons. The Balaban J connectivity index is 2.18. The van der Waals surface area contributed by atoms with Crippen molar-refractivity contribution in [3.63, 3.8) is 0 Å². The van der Waals surface area contributed by atoms with Crippen molar-refractivity contribution in [2.24, 2.45) is 5.92 Å². The van der Waals surface area contributed by atoms with Gasteiger partial charge in [-0.2, -0.15) is 0 Å². The lowest BCUT2D eigenvalue weighted by Crippen LogP contribution is -2.51. The molecular formula is C16H21F2NO5. The lowest BCUT2D eigenvalue weighted by molar-refractivity contribution is -0.143. The first-order valence-corrected chi connectivity index (χ1v) is 7.76. The smallest absolute Gasteiger partial charge is 0.407 e. The van der Waals surface area contributed by atoms with Gasteiger partial charge in [0.15, 0.2) is 6.29 Å². The van der Waals surface area contributed by atoms with Crippen LogP contribution in [0.3, 0.4) is 0 Å². The van der Waals surface area contributed by atoms with Crippen LogP contribution >= 0.6 is 0 Å². The first-order valence-electron chi connectivity index (χ1n) is 7.76. The summed E-state index contributed by atoms with van der Waals surface area (Å²) in [5.74, 6) is -2.13. The third-order valence-corrected chi connectivity index (χ3v) is 3.94. The average Bonchev–Trinajstić information content (AvgIpc) is 2.44. The van der Waals surface area contributed by atoms with Gasteiger partial charge in [-0.25, -0.2) is 13.6 Å². The van der Waals surface area contributed by atoms with Crippen LogP contribution in [-0.2, 0) is 9.47 Å². The van der Waals surface area contributed by atoms with Crippen LogP contribution in [0.2, 0.25) is 0 Å². The van der Waals surface area contributed by atoms with Crippen molar-refractivity contribution in [3.05, 3.63) is 34.9 Å². The zero-order valence-corrected chi connectivity index (χ0v) is 13.5. The number of ether oxygens (including phenoxy) is 2. The molecule has 1 aromatic rings. The highest BCUT2D eigenvalue weighted by Gasteiger charge is 2.37. The molecule has 0 spiro atoms. The van der Waals surface area contributed by atoms with Gasteiger partial charge in [0.25, 0.3) is 0 Å². The van der Waals surface area contributed by atoms with E-state index in [4.69, 9.17) is 14.6 Å². The van der Waals surface area contributed by atoms with Gasteiger partial charge in [0.1, 0.15) is 11.6 Å². The van der Waals surface area contributed by atoms with E-state index >= 15 is 0 Å². The van der Waals surface area contributed by atoms with E-state index in [2.05, 4.69) is 0 Å². The number of amides is 1. The van der Waals surface area contributed by atoms with Crippen LogP contribution in [0.25, 0.3) is 0 Å². The molecule has 134 valence electrons. The minimum absolute atomic E-state index is 0.0653. The summed E-state index contributed by atoms with van der Waals surface area (Å²) in [5.41, 5.74) is -0.272. The fraction of sp³-hybridized carbons (Fsp3) is 0.562. The van der Waals surface area contributed by atoms with Gasteiger partial charge in [0, 0.05) is 32.2 Å². The Labute approximate surface area is 138 Å². The quantitative estimate of drug-likeness (QED) is 0.743. The maximum atomic E-state index is 14.3. The van der Waals surface area contributed by atoms with E-state index in [1.807, 2.05) is 0 Å². The molecule has 1 amide bonds. The van der Waals surface area contributed by atoms with E-state index in [1.54, 1.807) is 13.8 Å². The largest absolute Gasteiger partial charge is 0.465 e. The summed E-state index contributed by atoms with van der Waals surface area (Å²) in [4.78, 5) is 11.9. The fourth-order valence-corrected chi connectivity index (χ4v) is 2.66. The van der Waals surface area contributed by atoms with Gasteiger partial charge in [-0.15, -0.1) is 0 Å². The van der Waals surface area contributed by atoms with Crippen LogP contribution in [0.5, 0.6) is 0 Å². The lowest BCUT2D eigenvalue weighted by atomic mass is 9.89. The van der Waals surface area contributed by atoms with Crippen LogP contribution in [0.15, 0.2) is 12.1 Å². The van der Waals surface area contributed by atoms with Crippen LogP contribution < -0.4 is 0 Å². The van der Waals surface area contributed by atoms with Gasteiger partial charge in [-0.1, -0.05) is 0 Å². The van der Waals surface area contributed by atoms with Crippen molar-refractivity contribution in [2.75, 3.05) is 26.3 Å². The highest BCUT2D eigenvalue weighted by molar-refractivity contribution is 5.66. The Morgan fingerprint density at radius 1 is 1.25 bits per heavy atom. The van der Waals surface area contributed by atoms with Gasteiger partial charge in [-0.05, 0) is 31.5 Å². The molecule has 1 aromatic carbocycles. The molecule has 0 aromatic heterocycles. The minimum Gasteiger partial charge on any atom is -0.465 e. The molecule has 1 aliphatic heterocycles. The number of rotatable bonds is 7. The molecule has 1 fully saturated rings. The fourth-order valence-electron chi connectivity index (χ4n) is 2.66. The first-order chi connectivity index (χ1) is 11.4. The number of hydrogen-bond acceptors (Lipinski definition) is 4. The van der Waals surface area contributed by atoms with Crippen molar-refractivity contribution in [3.8, 4) is 0 Å². The first kappa shape index (κ1) is 18.6. The number of halogens is 2. The third-order valence-electron chi connectivity index (χ3n) is 3.94. The van der Waals surface area contributed by atoms with Crippen LogP contribution in [0.4, 0.5) is 13.6 Å².